The molecule has 4 heteroatoms. The van der Waals surface area contributed by atoms with E-state index in [1.54, 1.807) is 0 Å². The topological polar surface area (TPSA) is 40.5 Å². The van der Waals surface area contributed by atoms with Crippen molar-refractivity contribution in [3.8, 4) is 11.8 Å². The van der Waals surface area contributed by atoms with Gasteiger partial charge in [0.15, 0.2) is 0 Å². The van der Waals surface area contributed by atoms with E-state index in [1.807, 2.05) is 16.3 Å². The quantitative estimate of drug-likeness (QED) is 0.782. The van der Waals surface area contributed by atoms with Crippen LogP contribution in [0.15, 0.2) is 11.4 Å². The molecule has 0 aromatic carbocycles. The zero-order chi connectivity index (χ0) is 12.5. The Balaban J connectivity index is 1.82. The summed E-state index contributed by atoms with van der Waals surface area (Å²) >= 11 is 1.45. The van der Waals surface area contributed by atoms with Crippen LogP contribution in [0.5, 0.6) is 0 Å². The molecule has 2 atom stereocenters. The summed E-state index contributed by atoms with van der Waals surface area (Å²) in [6.07, 6.45) is 3.60. The number of aliphatic hydroxyl groups is 1. The molecular weight excluding hydrogens is 246 g/mol. The van der Waals surface area contributed by atoms with Gasteiger partial charge in [-0.25, -0.2) is 0 Å². The van der Waals surface area contributed by atoms with Gasteiger partial charge in [0.1, 0.15) is 11.5 Å². The molecule has 3 rings (SSSR count). The number of aliphatic hydroxyl groups excluding tert-OH is 1. The van der Waals surface area contributed by atoms with Gasteiger partial charge in [-0.2, -0.15) is 0 Å². The molecule has 94 valence electrons. The number of carbonyl (C=O) groups excluding carboxylic acids is 1. The summed E-state index contributed by atoms with van der Waals surface area (Å²) in [5, 5.41) is 10.6. The summed E-state index contributed by atoms with van der Waals surface area (Å²) < 4.78 is 0. The second-order valence-electron chi connectivity index (χ2n) is 4.91. The van der Waals surface area contributed by atoms with Crippen molar-refractivity contribution >= 4 is 17.2 Å². The van der Waals surface area contributed by atoms with E-state index >= 15 is 0 Å². The van der Waals surface area contributed by atoms with E-state index in [2.05, 4.69) is 11.8 Å². The van der Waals surface area contributed by atoms with Gasteiger partial charge in [-0.15, -0.1) is 11.3 Å². The van der Waals surface area contributed by atoms with Gasteiger partial charge in [-0.1, -0.05) is 11.8 Å². The van der Waals surface area contributed by atoms with Crippen molar-refractivity contribution in [2.24, 2.45) is 5.92 Å². The fourth-order valence-electron chi connectivity index (χ4n) is 3.01. The molecule has 1 aromatic heterocycles. The first kappa shape index (κ1) is 11.8. The Hall–Kier alpha value is -1.31. The normalized spacial score (nSPS) is 25.1. The molecule has 3 nitrogen and oxygen atoms in total. The molecule has 1 N–H and O–H groups in total. The predicted molar refractivity (Wildman–Crippen MR) is 70.4 cm³/mol. The third kappa shape index (κ3) is 1.94. The lowest BCUT2D eigenvalue weighted by Crippen LogP contribution is -2.37. The number of amides is 1. The average Bonchev–Trinajstić information content (AvgIpc) is 3.10. The Labute approximate surface area is 110 Å². The lowest BCUT2D eigenvalue weighted by molar-refractivity contribution is 0.0708. The van der Waals surface area contributed by atoms with Crippen LogP contribution in [0.25, 0.3) is 0 Å². The Bertz CT molecular complexity index is 525. The minimum atomic E-state index is -0.169. The van der Waals surface area contributed by atoms with Gasteiger partial charge in [-0.05, 0) is 36.6 Å². The summed E-state index contributed by atoms with van der Waals surface area (Å²) in [6.45, 7) is 0.742. The molecular formula is C14H15NO2S. The third-order valence-electron chi connectivity index (χ3n) is 3.83. The van der Waals surface area contributed by atoms with Gasteiger partial charge >= 0.3 is 0 Å². The molecule has 1 saturated carbocycles. The monoisotopic (exact) mass is 261 g/mol. The molecule has 1 aliphatic carbocycles. The van der Waals surface area contributed by atoms with Gasteiger partial charge in [0.25, 0.3) is 5.91 Å². The second-order valence-corrected chi connectivity index (χ2v) is 5.83. The average molecular weight is 261 g/mol. The number of hydrogen-bond donors (Lipinski definition) is 1. The maximum Gasteiger partial charge on any atom is 0.265 e. The summed E-state index contributed by atoms with van der Waals surface area (Å²) in [4.78, 5) is 15.2. The smallest absolute Gasteiger partial charge is 0.265 e. The van der Waals surface area contributed by atoms with Crippen LogP contribution < -0.4 is 0 Å². The van der Waals surface area contributed by atoms with Crippen LogP contribution >= 0.6 is 11.3 Å². The number of rotatable bonds is 1. The van der Waals surface area contributed by atoms with Crippen molar-refractivity contribution in [3.63, 3.8) is 0 Å². The Morgan fingerprint density at radius 3 is 3.11 bits per heavy atom. The maximum atomic E-state index is 12.5. The lowest BCUT2D eigenvalue weighted by Gasteiger charge is -2.26. The molecule has 1 saturated heterocycles. The zero-order valence-electron chi connectivity index (χ0n) is 10.1. The van der Waals surface area contributed by atoms with Crippen LogP contribution in [-0.4, -0.2) is 35.1 Å². The van der Waals surface area contributed by atoms with Crippen molar-refractivity contribution in [1.82, 2.24) is 4.90 Å². The zero-order valence-corrected chi connectivity index (χ0v) is 10.9. The first-order valence-corrected chi connectivity index (χ1v) is 7.15. The van der Waals surface area contributed by atoms with E-state index in [9.17, 15) is 4.79 Å². The van der Waals surface area contributed by atoms with E-state index < -0.39 is 0 Å². The van der Waals surface area contributed by atoms with Gasteiger partial charge in [0, 0.05) is 18.2 Å². The highest BCUT2D eigenvalue weighted by Crippen LogP contribution is 2.38. The minimum Gasteiger partial charge on any atom is -0.384 e. The maximum absolute atomic E-state index is 12.5. The Morgan fingerprint density at radius 2 is 2.44 bits per heavy atom. The van der Waals surface area contributed by atoms with Crippen LogP contribution in [0, 0.1) is 17.8 Å². The van der Waals surface area contributed by atoms with E-state index in [4.69, 9.17) is 5.11 Å². The molecule has 1 aliphatic heterocycles. The van der Waals surface area contributed by atoms with Gasteiger partial charge in [0.2, 0.25) is 0 Å². The van der Waals surface area contributed by atoms with Crippen molar-refractivity contribution < 1.29 is 9.90 Å². The fraction of sp³-hybridized carbons (Fsp3) is 0.500. The van der Waals surface area contributed by atoms with Crippen LogP contribution in [-0.2, 0) is 0 Å². The SMILES string of the molecule is O=C(c1sccc1C#CCO)N1CC2CCC1C2. The number of carbonyl (C=O) groups is 1. The lowest BCUT2D eigenvalue weighted by atomic mass is 10.1. The number of piperidine rings is 1. The molecule has 2 fully saturated rings. The second kappa shape index (κ2) is 4.75. The highest BCUT2D eigenvalue weighted by Gasteiger charge is 2.41. The Morgan fingerprint density at radius 1 is 1.56 bits per heavy atom. The van der Waals surface area contributed by atoms with Gasteiger partial charge in [-0.3, -0.25) is 4.79 Å². The van der Waals surface area contributed by atoms with E-state index in [0.29, 0.717) is 12.0 Å². The highest BCUT2D eigenvalue weighted by molar-refractivity contribution is 7.12. The molecule has 1 amide bonds. The molecule has 2 aliphatic rings. The number of likely N-dealkylation sites (tertiary alicyclic amines) is 1. The van der Waals surface area contributed by atoms with Gasteiger partial charge in [0.05, 0.1) is 0 Å². The van der Waals surface area contributed by atoms with Crippen LogP contribution in [0.4, 0.5) is 0 Å². The van der Waals surface area contributed by atoms with E-state index in [1.165, 1.54) is 24.2 Å². The summed E-state index contributed by atoms with van der Waals surface area (Å²) in [5.74, 6) is 6.30. The summed E-state index contributed by atoms with van der Waals surface area (Å²) in [5.41, 5.74) is 0.752. The molecule has 2 heterocycles. The van der Waals surface area contributed by atoms with Gasteiger partial charge < -0.3 is 10.0 Å². The molecule has 2 unspecified atom stereocenters. The molecule has 18 heavy (non-hydrogen) atoms. The first-order chi connectivity index (χ1) is 8.79. The molecule has 0 radical (unpaired) electrons. The highest BCUT2D eigenvalue weighted by atomic mass is 32.1. The molecule has 1 aromatic rings. The molecule has 2 bridgehead atoms. The van der Waals surface area contributed by atoms with Crippen LogP contribution in [0.3, 0.4) is 0 Å². The van der Waals surface area contributed by atoms with Crippen molar-refractivity contribution in [2.75, 3.05) is 13.2 Å². The van der Waals surface area contributed by atoms with Crippen molar-refractivity contribution in [2.45, 2.75) is 25.3 Å². The number of nitrogens with zero attached hydrogens (tertiary/aromatic N) is 1. The third-order valence-corrected chi connectivity index (χ3v) is 4.73. The van der Waals surface area contributed by atoms with Crippen molar-refractivity contribution in [3.05, 3.63) is 21.9 Å². The standard InChI is InChI=1S/C14H15NO2S/c16-6-1-2-11-5-7-18-13(11)14(17)15-9-10-3-4-12(15)8-10/h5,7,10,12,16H,3-4,6,8-9H2. The van der Waals surface area contributed by atoms with Crippen LogP contribution in [0.2, 0.25) is 0 Å². The largest absolute Gasteiger partial charge is 0.384 e. The van der Waals surface area contributed by atoms with E-state index in [0.717, 1.165) is 23.4 Å². The first-order valence-electron chi connectivity index (χ1n) is 6.28. The minimum absolute atomic E-state index is 0.124. The summed E-state index contributed by atoms with van der Waals surface area (Å²) in [6, 6.07) is 2.30. The fourth-order valence-corrected chi connectivity index (χ4v) is 3.82. The molecule has 0 spiro atoms. The summed E-state index contributed by atoms with van der Waals surface area (Å²) in [7, 11) is 0. The van der Waals surface area contributed by atoms with Crippen LogP contribution in [0.1, 0.15) is 34.5 Å². The Kier molecular flexibility index (Phi) is 3.11. The predicted octanol–water partition coefficient (Wildman–Crippen LogP) is 1.72. The number of hydrogen-bond acceptors (Lipinski definition) is 3. The number of thiophene rings is 1. The number of fused-ring (bicyclic) bond motifs is 2. The van der Waals surface area contributed by atoms with Crippen molar-refractivity contribution in [1.29, 1.82) is 0 Å². The van der Waals surface area contributed by atoms with E-state index in [-0.39, 0.29) is 12.5 Å².